The fourth-order valence-corrected chi connectivity index (χ4v) is 4.42. The third-order valence-corrected chi connectivity index (χ3v) is 6.35. The molecule has 2 aromatic carbocycles. The third-order valence-electron chi connectivity index (χ3n) is 5.39. The van der Waals surface area contributed by atoms with Crippen molar-refractivity contribution in [2.24, 2.45) is 5.92 Å². The van der Waals surface area contributed by atoms with E-state index in [0.717, 1.165) is 0 Å². The molecular formula is C27H33N5O4S. The van der Waals surface area contributed by atoms with Crippen molar-refractivity contribution in [1.29, 1.82) is 0 Å². The summed E-state index contributed by atoms with van der Waals surface area (Å²) in [5.74, 6) is -0.0637. The fourth-order valence-electron chi connectivity index (χ4n) is 3.61. The van der Waals surface area contributed by atoms with E-state index >= 15 is 0 Å². The monoisotopic (exact) mass is 523 g/mol. The van der Waals surface area contributed by atoms with Gasteiger partial charge in [-0.05, 0) is 57.0 Å². The summed E-state index contributed by atoms with van der Waals surface area (Å²) in [7, 11) is 0. The van der Waals surface area contributed by atoms with Gasteiger partial charge in [0.1, 0.15) is 0 Å². The molecule has 1 atom stereocenters. The van der Waals surface area contributed by atoms with Gasteiger partial charge in [-0.25, -0.2) is 4.79 Å². The molecule has 0 aliphatic rings. The van der Waals surface area contributed by atoms with Gasteiger partial charge in [0.2, 0.25) is 5.91 Å². The maximum absolute atomic E-state index is 12.8. The lowest BCUT2D eigenvalue weighted by molar-refractivity contribution is -0.113. The lowest BCUT2D eigenvalue weighted by Crippen LogP contribution is -2.33. The number of anilines is 1. The summed E-state index contributed by atoms with van der Waals surface area (Å²) >= 11 is 1.26. The van der Waals surface area contributed by atoms with E-state index in [-0.39, 0.29) is 35.6 Å². The van der Waals surface area contributed by atoms with Gasteiger partial charge in [0.25, 0.3) is 5.91 Å². The van der Waals surface area contributed by atoms with Crippen LogP contribution in [0.4, 0.5) is 5.69 Å². The molecule has 3 aromatic rings. The van der Waals surface area contributed by atoms with Crippen LogP contribution in [0.1, 0.15) is 67.2 Å². The topological polar surface area (TPSA) is 115 Å². The van der Waals surface area contributed by atoms with Crippen molar-refractivity contribution >= 4 is 35.2 Å². The van der Waals surface area contributed by atoms with E-state index in [4.69, 9.17) is 4.74 Å². The van der Waals surface area contributed by atoms with Crippen molar-refractivity contribution in [3.63, 3.8) is 0 Å². The van der Waals surface area contributed by atoms with Crippen LogP contribution in [0.3, 0.4) is 0 Å². The molecule has 3 rings (SSSR count). The zero-order valence-electron chi connectivity index (χ0n) is 21.7. The van der Waals surface area contributed by atoms with E-state index in [0.29, 0.717) is 34.3 Å². The second-order valence-corrected chi connectivity index (χ2v) is 9.96. The Hall–Kier alpha value is -3.66. The second-order valence-electron chi connectivity index (χ2n) is 9.02. The number of ether oxygens (including phenoxy) is 1. The van der Waals surface area contributed by atoms with E-state index in [2.05, 4.69) is 20.8 Å². The van der Waals surface area contributed by atoms with Crippen molar-refractivity contribution in [3.05, 3.63) is 71.5 Å². The van der Waals surface area contributed by atoms with Crippen molar-refractivity contribution < 1.29 is 19.1 Å². The maximum atomic E-state index is 12.8. The average molecular weight is 524 g/mol. The molecular weight excluding hydrogens is 490 g/mol. The van der Waals surface area contributed by atoms with Crippen molar-refractivity contribution in [2.45, 2.75) is 58.5 Å². The van der Waals surface area contributed by atoms with Crippen LogP contribution in [0.15, 0.2) is 59.8 Å². The van der Waals surface area contributed by atoms with Gasteiger partial charge in [0.15, 0.2) is 11.0 Å². The van der Waals surface area contributed by atoms with E-state index < -0.39 is 5.97 Å². The molecule has 196 valence electrons. The van der Waals surface area contributed by atoms with Crippen molar-refractivity contribution in [1.82, 2.24) is 20.1 Å². The summed E-state index contributed by atoms with van der Waals surface area (Å²) in [6, 6.07) is 15.3. The Morgan fingerprint density at radius 1 is 0.973 bits per heavy atom. The number of carbonyl (C=O) groups excluding carboxylic acids is 3. The first kappa shape index (κ1) is 27.9. The molecule has 2 amide bonds. The lowest BCUT2D eigenvalue weighted by atomic mass is 10.0. The van der Waals surface area contributed by atoms with E-state index in [1.807, 2.05) is 43.5 Å². The maximum Gasteiger partial charge on any atom is 0.338 e. The van der Waals surface area contributed by atoms with Gasteiger partial charge < -0.3 is 19.9 Å². The van der Waals surface area contributed by atoms with Crippen LogP contribution in [-0.2, 0) is 16.1 Å². The van der Waals surface area contributed by atoms with Gasteiger partial charge in [0.05, 0.1) is 23.5 Å². The van der Waals surface area contributed by atoms with Crippen LogP contribution >= 0.6 is 11.8 Å². The Morgan fingerprint density at radius 2 is 1.68 bits per heavy atom. The summed E-state index contributed by atoms with van der Waals surface area (Å²) in [6.07, 6.45) is -0.232. The van der Waals surface area contributed by atoms with Crippen LogP contribution in [-0.4, -0.2) is 44.4 Å². The molecule has 0 unspecified atom stereocenters. The van der Waals surface area contributed by atoms with Gasteiger partial charge in [-0.15, -0.1) is 10.2 Å². The Kier molecular flexibility index (Phi) is 9.85. The second kappa shape index (κ2) is 13.0. The largest absolute Gasteiger partial charge is 0.459 e. The van der Waals surface area contributed by atoms with Crippen LogP contribution in [0, 0.1) is 5.92 Å². The van der Waals surface area contributed by atoms with Crippen molar-refractivity contribution in [3.8, 4) is 0 Å². The molecule has 1 aromatic heterocycles. The first-order valence-electron chi connectivity index (χ1n) is 12.2. The number of rotatable bonds is 11. The minimum absolute atomic E-state index is 0.0676. The smallest absolute Gasteiger partial charge is 0.338 e. The zero-order valence-corrected chi connectivity index (χ0v) is 22.5. The van der Waals surface area contributed by atoms with Gasteiger partial charge in [0, 0.05) is 17.8 Å². The number of esters is 1. The van der Waals surface area contributed by atoms with Crippen LogP contribution < -0.4 is 10.6 Å². The zero-order chi connectivity index (χ0) is 26.9. The molecule has 0 radical (unpaired) electrons. The highest BCUT2D eigenvalue weighted by Crippen LogP contribution is 2.26. The number of thioether (sulfide) groups is 1. The molecule has 10 heteroatoms. The van der Waals surface area contributed by atoms with E-state index in [9.17, 15) is 14.4 Å². The van der Waals surface area contributed by atoms with Gasteiger partial charge in [-0.3, -0.25) is 9.59 Å². The standard InChI is InChI=1S/C27H33N5O4S/c1-6-32-24(23(17(2)3)29-25(34)19-11-8-7-9-12-19)30-31-27(32)37-16-22(33)28-21-14-10-13-20(15-21)26(35)36-18(4)5/h7-15,17-18,23H,6,16H2,1-5H3,(H,28,33)(H,29,34)/t23-/m1/s1. The number of hydrogen-bond acceptors (Lipinski definition) is 7. The highest BCUT2D eigenvalue weighted by molar-refractivity contribution is 7.99. The molecule has 0 spiro atoms. The Bertz CT molecular complexity index is 1230. The summed E-state index contributed by atoms with van der Waals surface area (Å²) in [6.45, 7) is 10.1. The minimum Gasteiger partial charge on any atom is -0.459 e. The predicted molar refractivity (Wildman–Crippen MR) is 144 cm³/mol. The molecule has 0 saturated heterocycles. The summed E-state index contributed by atoms with van der Waals surface area (Å²) in [5, 5.41) is 15.1. The van der Waals surface area contributed by atoms with Crippen molar-refractivity contribution in [2.75, 3.05) is 11.1 Å². The number of benzene rings is 2. The Labute approximate surface area is 221 Å². The number of hydrogen-bond donors (Lipinski definition) is 2. The Morgan fingerprint density at radius 3 is 2.32 bits per heavy atom. The minimum atomic E-state index is -0.442. The number of nitrogens with zero attached hydrogens (tertiary/aromatic N) is 3. The van der Waals surface area contributed by atoms with E-state index in [1.165, 1.54) is 11.8 Å². The van der Waals surface area contributed by atoms with Crippen LogP contribution in [0.25, 0.3) is 0 Å². The molecule has 9 nitrogen and oxygen atoms in total. The molecule has 0 saturated carbocycles. The van der Waals surface area contributed by atoms with Crippen LogP contribution in [0.5, 0.6) is 0 Å². The number of amides is 2. The average Bonchev–Trinajstić information content (AvgIpc) is 3.28. The number of nitrogens with one attached hydrogen (secondary N) is 2. The molecule has 0 aliphatic carbocycles. The fraction of sp³-hybridized carbons (Fsp3) is 0.370. The molecule has 0 fully saturated rings. The SMILES string of the molecule is CCn1c(SCC(=O)Nc2cccc(C(=O)OC(C)C)c2)nnc1[C@H](NC(=O)c1ccccc1)C(C)C. The number of aromatic nitrogens is 3. The summed E-state index contributed by atoms with van der Waals surface area (Å²) < 4.78 is 7.13. The van der Waals surface area contributed by atoms with Gasteiger partial charge >= 0.3 is 5.97 Å². The summed E-state index contributed by atoms with van der Waals surface area (Å²) in [4.78, 5) is 37.6. The molecule has 1 heterocycles. The molecule has 2 N–H and O–H groups in total. The highest BCUT2D eigenvalue weighted by atomic mass is 32.2. The first-order valence-corrected chi connectivity index (χ1v) is 13.2. The molecule has 0 aliphatic heterocycles. The normalized spacial score (nSPS) is 11.9. The first-order chi connectivity index (χ1) is 17.7. The van der Waals surface area contributed by atoms with Gasteiger partial charge in [-0.2, -0.15) is 0 Å². The lowest BCUT2D eigenvalue weighted by Gasteiger charge is -2.22. The highest BCUT2D eigenvalue weighted by Gasteiger charge is 2.26. The molecule has 37 heavy (non-hydrogen) atoms. The van der Waals surface area contributed by atoms with Gasteiger partial charge in [-0.1, -0.05) is 49.9 Å². The summed E-state index contributed by atoms with van der Waals surface area (Å²) in [5.41, 5.74) is 1.44. The molecule has 0 bridgehead atoms. The quantitative estimate of drug-likeness (QED) is 0.276. The predicted octanol–water partition coefficient (Wildman–Crippen LogP) is 4.72. The van der Waals surface area contributed by atoms with E-state index in [1.54, 1.807) is 50.2 Å². The number of carbonyl (C=O) groups is 3. The Balaban J connectivity index is 1.67. The third kappa shape index (κ3) is 7.66. The van der Waals surface area contributed by atoms with Crippen LogP contribution in [0.2, 0.25) is 0 Å².